The van der Waals surface area contributed by atoms with Crippen molar-refractivity contribution in [1.29, 1.82) is 0 Å². The van der Waals surface area contributed by atoms with Gasteiger partial charge in [0, 0.05) is 4.75 Å². The molecule has 0 aromatic carbocycles. The Hall–Kier alpha value is -1.04. The van der Waals surface area contributed by atoms with Gasteiger partial charge in [-0.3, -0.25) is 19.7 Å². The molecule has 0 unspecified atom stereocenters. The zero-order chi connectivity index (χ0) is 12.3. The molecule has 0 bridgehead atoms. The largest absolute Gasteiger partial charge is 0.323 e. The summed E-state index contributed by atoms with van der Waals surface area (Å²) in [5, 5.41) is 2.16. The number of amides is 3. The third-order valence-electron chi connectivity index (χ3n) is 1.93. The summed E-state index contributed by atoms with van der Waals surface area (Å²) in [6.07, 6.45) is 0. The van der Waals surface area contributed by atoms with E-state index in [4.69, 9.17) is 0 Å². The van der Waals surface area contributed by atoms with Crippen molar-refractivity contribution in [3.05, 3.63) is 0 Å². The van der Waals surface area contributed by atoms with Gasteiger partial charge in [-0.2, -0.15) is 0 Å². The van der Waals surface area contributed by atoms with E-state index in [1.165, 1.54) is 16.7 Å². The van der Waals surface area contributed by atoms with Crippen LogP contribution in [0.5, 0.6) is 0 Å². The standard InChI is InChI=1S/C10H16N2O3S/c1-10(2,3)16-6-9(15)12-4-7(13)11-8(14)5-12/h4-6H2,1-3H3,(H,11,13,14). The summed E-state index contributed by atoms with van der Waals surface area (Å²) < 4.78 is -0.00227. The van der Waals surface area contributed by atoms with E-state index < -0.39 is 11.8 Å². The number of hydrogen-bond acceptors (Lipinski definition) is 4. The van der Waals surface area contributed by atoms with Gasteiger partial charge < -0.3 is 4.90 Å². The molecule has 90 valence electrons. The first kappa shape index (κ1) is 13.0. The fraction of sp³-hybridized carbons (Fsp3) is 0.700. The van der Waals surface area contributed by atoms with Gasteiger partial charge in [-0.05, 0) is 0 Å². The Morgan fingerprint density at radius 3 is 2.25 bits per heavy atom. The van der Waals surface area contributed by atoms with E-state index in [9.17, 15) is 14.4 Å². The molecule has 1 fully saturated rings. The number of thioether (sulfide) groups is 1. The number of nitrogens with one attached hydrogen (secondary N) is 1. The lowest BCUT2D eigenvalue weighted by atomic mass is 10.3. The number of carbonyl (C=O) groups excluding carboxylic acids is 3. The Labute approximate surface area is 98.9 Å². The van der Waals surface area contributed by atoms with Gasteiger partial charge in [-0.1, -0.05) is 20.8 Å². The van der Waals surface area contributed by atoms with Crippen molar-refractivity contribution >= 4 is 29.5 Å². The van der Waals surface area contributed by atoms with Crippen LogP contribution in [0.4, 0.5) is 0 Å². The molecule has 0 aromatic heterocycles. The predicted octanol–water partition coefficient (Wildman–Crippen LogP) is 0.00310. The van der Waals surface area contributed by atoms with Gasteiger partial charge >= 0.3 is 0 Å². The molecule has 1 aliphatic heterocycles. The monoisotopic (exact) mass is 244 g/mol. The first-order chi connectivity index (χ1) is 7.28. The SMILES string of the molecule is CC(C)(C)SCC(=O)N1CC(=O)NC(=O)C1. The molecular weight excluding hydrogens is 228 g/mol. The zero-order valence-electron chi connectivity index (χ0n) is 9.70. The van der Waals surface area contributed by atoms with E-state index in [-0.39, 0.29) is 23.7 Å². The topological polar surface area (TPSA) is 66.5 Å². The van der Waals surface area contributed by atoms with Crippen LogP contribution >= 0.6 is 11.8 Å². The van der Waals surface area contributed by atoms with E-state index in [0.29, 0.717) is 5.75 Å². The van der Waals surface area contributed by atoms with Gasteiger partial charge in [0.1, 0.15) is 13.1 Å². The van der Waals surface area contributed by atoms with Crippen molar-refractivity contribution in [3.63, 3.8) is 0 Å². The Morgan fingerprint density at radius 1 is 1.31 bits per heavy atom. The molecule has 0 atom stereocenters. The van der Waals surface area contributed by atoms with Crippen LogP contribution in [-0.2, 0) is 14.4 Å². The lowest BCUT2D eigenvalue weighted by Crippen LogP contribution is -2.53. The second-order valence-corrected chi connectivity index (χ2v) is 6.42. The summed E-state index contributed by atoms with van der Waals surface area (Å²) in [6.45, 7) is 6.00. The summed E-state index contributed by atoms with van der Waals surface area (Å²) in [5.74, 6) is -0.691. The van der Waals surface area contributed by atoms with Gasteiger partial charge in [0.2, 0.25) is 17.7 Å². The van der Waals surface area contributed by atoms with Crippen LogP contribution in [0.3, 0.4) is 0 Å². The normalized spacial score (nSPS) is 17.3. The van der Waals surface area contributed by atoms with Crippen LogP contribution in [0.15, 0.2) is 0 Å². The zero-order valence-corrected chi connectivity index (χ0v) is 10.5. The van der Waals surface area contributed by atoms with Crippen LogP contribution in [0.1, 0.15) is 20.8 Å². The molecule has 0 aliphatic carbocycles. The smallest absolute Gasteiger partial charge is 0.246 e. The molecule has 0 saturated carbocycles. The Kier molecular flexibility index (Phi) is 3.96. The van der Waals surface area contributed by atoms with Crippen molar-refractivity contribution in [1.82, 2.24) is 10.2 Å². The van der Waals surface area contributed by atoms with Gasteiger partial charge in [-0.25, -0.2) is 0 Å². The number of carbonyl (C=O) groups is 3. The van der Waals surface area contributed by atoms with Gasteiger partial charge in [0.15, 0.2) is 0 Å². The van der Waals surface area contributed by atoms with Crippen LogP contribution < -0.4 is 5.32 Å². The van der Waals surface area contributed by atoms with Crippen LogP contribution in [-0.4, -0.2) is 46.2 Å². The number of imide groups is 1. The lowest BCUT2D eigenvalue weighted by molar-refractivity contribution is -0.144. The van der Waals surface area contributed by atoms with Crippen molar-refractivity contribution in [2.75, 3.05) is 18.8 Å². The van der Waals surface area contributed by atoms with E-state index in [1.54, 1.807) is 0 Å². The molecule has 1 aliphatic rings. The quantitative estimate of drug-likeness (QED) is 0.695. The van der Waals surface area contributed by atoms with Gasteiger partial charge in [-0.15, -0.1) is 11.8 Å². The number of rotatable bonds is 2. The molecule has 3 amide bonds. The molecule has 0 aromatic rings. The first-order valence-corrected chi connectivity index (χ1v) is 6.01. The molecule has 1 saturated heterocycles. The lowest BCUT2D eigenvalue weighted by Gasteiger charge is -2.26. The molecule has 1 heterocycles. The summed E-state index contributed by atoms with van der Waals surface area (Å²) in [5.41, 5.74) is 0. The molecule has 0 spiro atoms. The second kappa shape index (κ2) is 4.86. The highest BCUT2D eigenvalue weighted by atomic mass is 32.2. The second-order valence-electron chi connectivity index (χ2n) is 4.62. The van der Waals surface area contributed by atoms with Crippen molar-refractivity contribution in [3.8, 4) is 0 Å². The molecule has 1 rings (SSSR count). The van der Waals surface area contributed by atoms with E-state index >= 15 is 0 Å². The van der Waals surface area contributed by atoms with Crippen molar-refractivity contribution in [2.45, 2.75) is 25.5 Å². The third-order valence-corrected chi connectivity index (χ3v) is 3.19. The van der Waals surface area contributed by atoms with Crippen LogP contribution in [0.2, 0.25) is 0 Å². The highest BCUT2D eigenvalue weighted by Crippen LogP contribution is 2.23. The van der Waals surface area contributed by atoms with Gasteiger partial charge in [0.05, 0.1) is 5.75 Å². The summed E-state index contributed by atoms with van der Waals surface area (Å²) in [7, 11) is 0. The fourth-order valence-electron chi connectivity index (χ4n) is 1.18. The highest BCUT2D eigenvalue weighted by Gasteiger charge is 2.26. The third kappa shape index (κ3) is 4.22. The fourth-order valence-corrected chi connectivity index (χ4v) is 1.92. The molecule has 1 N–H and O–H groups in total. The Balaban J connectivity index is 2.48. The molecule has 0 radical (unpaired) electrons. The molecule has 5 nitrogen and oxygen atoms in total. The number of hydrogen-bond donors (Lipinski definition) is 1. The predicted molar refractivity (Wildman–Crippen MR) is 61.9 cm³/mol. The number of piperazine rings is 1. The van der Waals surface area contributed by atoms with Crippen molar-refractivity contribution < 1.29 is 14.4 Å². The van der Waals surface area contributed by atoms with Gasteiger partial charge in [0.25, 0.3) is 0 Å². The summed E-state index contributed by atoms with van der Waals surface area (Å²) in [4.78, 5) is 35.1. The summed E-state index contributed by atoms with van der Waals surface area (Å²) >= 11 is 1.50. The van der Waals surface area contributed by atoms with E-state index in [1.807, 2.05) is 20.8 Å². The van der Waals surface area contributed by atoms with Crippen LogP contribution in [0.25, 0.3) is 0 Å². The maximum Gasteiger partial charge on any atom is 0.246 e. The molecule has 16 heavy (non-hydrogen) atoms. The molecular formula is C10H16N2O3S. The maximum absolute atomic E-state index is 11.7. The van der Waals surface area contributed by atoms with Crippen molar-refractivity contribution in [2.24, 2.45) is 0 Å². The maximum atomic E-state index is 11.7. The minimum Gasteiger partial charge on any atom is -0.323 e. The Morgan fingerprint density at radius 2 is 1.81 bits per heavy atom. The van der Waals surface area contributed by atoms with E-state index in [2.05, 4.69) is 5.32 Å². The minimum atomic E-state index is -0.412. The Bertz CT molecular complexity index is 307. The van der Waals surface area contributed by atoms with E-state index in [0.717, 1.165) is 0 Å². The number of nitrogens with zero attached hydrogens (tertiary/aromatic N) is 1. The minimum absolute atomic E-state index is 0.00227. The molecule has 6 heteroatoms. The average Bonchev–Trinajstić information content (AvgIpc) is 2.11. The average molecular weight is 244 g/mol. The summed E-state index contributed by atoms with van der Waals surface area (Å²) in [6, 6.07) is 0. The highest BCUT2D eigenvalue weighted by molar-refractivity contribution is 8.01. The van der Waals surface area contributed by atoms with Crippen LogP contribution in [0, 0.1) is 0 Å². The first-order valence-electron chi connectivity index (χ1n) is 5.02.